The van der Waals surface area contributed by atoms with E-state index >= 15 is 0 Å². The van der Waals surface area contributed by atoms with Gasteiger partial charge in [-0.15, -0.1) is 0 Å². The molecule has 0 fully saturated rings. The van der Waals surface area contributed by atoms with E-state index in [-0.39, 0.29) is 12.5 Å². The van der Waals surface area contributed by atoms with E-state index in [4.69, 9.17) is 9.47 Å². The van der Waals surface area contributed by atoms with Crippen molar-refractivity contribution in [3.8, 4) is 5.75 Å². The lowest BCUT2D eigenvalue weighted by molar-refractivity contribution is -0.149. The smallest absolute Gasteiger partial charge is 0.341 e. The van der Waals surface area contributed by atoms with E-state index in [1.165, 1.54) is 0 Å². The maximum absolute atomic E-state index is 13.5. The van der Waals surface area contributed by atoms with Crippen molar-refractivity contribution in [3.63, 3.8) is 0 Å². The number of rotatable bonds is 6. The fourth-order valence-electron chi connectivity index (χ4n) is 4.64. The van der Waals surface area contributed by atoms with Gasteiger partial charge in [0.1, 0.15) is 5.75 Å². The highest BCUT2D eigenvalue weighted by atomic mass is 16.5. The van der Waals surface area contributed by atoms with Crippen LogP contribution in [0.3, 0.4) is 0 Å². The van der Waals surface area contributed by atoms with Crippen molar-refractivity contribution in [2.75, 3.05) is 13.7 Å². The summed E-state index contributed by atoms with van der Waals surface area (Å²) in [4.78, 5) is 26.4. The maximum atomic E-state index is 13.5. The summed E-state index contributed by atoms with van der Waals surface area (Å²) in [7, 11) is 1.64. The number of hydrogen-bond acceptors (Lipinski definition) is 4. The number of ether oxygens (including phenoxy) is 2. The molecule has 1 aromatic heterocycles. The molecule has 166 valence electrons. The third kappa shape index (κ3) is 3.26. The number of carbonyl (C=O) groups excluding carboxylic acids is 2. The molecule has 5 rings (SSSR count). The number of carbonyl (C=O) groups is 2. The fraction of sp³-hybridized carbons (Fsp3) is 0.185. The average molecular weight is 440 g/mol. The Morgan fingerprint density at radius 1 is 0.970 bits per heavy atom. The van der Waals surface area contributed by atoms with Gasteiger partial charge in [-0.1, -0.05) is 48.5 Å². The third-order valence-electron chi connectivity index (χ3n) is 6.16. The van der Waals surface area contributed by atoms with E-state index < -0.39 is 11.5 Å². The monoisotopic (exact) mass is 440 g/mol. The molecule has 6 heteroatoms. The number of para-hydroxylation sites is 1. The van der Waals surface area contributed by atoms with Gasteiger partial charge in [0.2, 0.25) is 0 Å². The lowest BCUT2D eigenvalue weighted by atomic mass is 9.83. The number of aromatic nitrogens is 1. The molecule has 0 saturated heterocycles. The molecule has 2 heterocycles. The molecule has 1 atom stereocenters. The van der Waals surface area contributed by atoms with Gasteiger partial charge in [0.05, 0.1) is 13.7 Å². The van der Waals surface area contributed by atoms with Crippen molar-refractivity contribution in [2.24, 2.45) is 0 Å². The molecule has 1 aliphatic rings. The van der Waals surface area contributed by atoms with E-state index in [9.17, 15) is 9.59 Å². The molecule has 0 bridgehead atoms. The first-order valence-corrected chi connectivity index (χ1v) is 10.9. The minimum absolute atomic E-state index is 0.211. The Kier molecular flexibility index (Phi) is 5.13. The summed E-state index contributed by atoms with van der Waals surface area (Å²) >= 11 is 0. The van der Waals surface area contributed by atoms with Crippen molar-refractivity contribution in [1.82, 2.24) is 9.88 Å². The highest BCUT2D eigenvalue weighted by molar-refractivity contribution is 6.09. The van der Waals surface area contributed by atoms with Crippen LogP contribution in [-0.2, 0) is 21.6 Å². The van der Waals surface area contributed by atoms with Crippen molar-refractivity contribution in [1.29, 1.82) is 0 Å². The minimum atomic E-state index is -1.41. The van der Waals surface area contributed by atoms with E-state index in [1.54, 1.807) is 26.2 Å². The van der Waals surface area contributed by atoms with Gasteiger partial charge >= 0.3 is 5.97 Å². The Labute approximate surface area is 191 Å². The van der Waals surface area contributed by atoms with Crippen LogP contribution in [-0.4, -0.2) is 30.2 Å². The van der Waals surface area contributed by atoms with E-state index in [2.05, 4.69) is 9.88 Å². The number of benzene rings is 3. The molecule has 1 N–H and O–H groups in total. The molecule has 0 spiro atoms. The van der Waals surface area contributed by atoms with Gasteiger partial charge in [-0.25, -0.2) is 4.79 Å². The number of fused-ring (bicyclic) bond motifs is 2. The van der Waals surface area contributed by atoms with E-state index in [0.29, 0.717) is 23.2 Å². The topological polar surface area (TPSA) is 69.6 Å². The highest BCUT2D eigenvalue weighted by Crippen LogP contribution is 2.42. The Morgan fingerprint density at radius 3 is 2.45 bits per heavy atom. The van der Waals surface area contributed by atoms with Gasteiger partial charge in [0, 0.05) is 40.3 Å². The van der Waals surface area contributed by atoms with Gasteiger partial charge in [-0.2, -0.15) is 0 Å². The predicted octanol–water partition coefficient (Wildman–Crippen LogP) is 4.25. The van der Waals surface area contributed by atoms with Crippen LogP contribution in [0.1, 0.15) is 34.0 Å². The Hall–Kier alpha value is -4.06. The number of amides is 1. The summed E-state index contributed by atoms with van der Waals surface area (Å²) in [6.07, 6.45) is 1.95. The molecule has 1 unspecified atom stereocenters. The fourth-order valence-corrected chi connectivity index (χ4v) is 4.64. The molecule has 0 radical (unpaired) electrons. The SMILES string of the molecule is CCOC(=O)C1(c2cn(Cc3ccc(OC)cc3)c3ccccc23)NC(=O)c2ccccc21. The second-order valence-electron chi connectivity index (χ2n) is 8.01. The molecule has 33 heavy (non-hydrogen) atoms. The second-order valence-corrected chi connectivity index (χ2v) is 8.01. The van der Waals surface area contributed by atoms with Crippen LogP contribution in [0, 0.1) is 0 Å². The number of nitrogens with one attached hydrogen (secondary N) is 1. The summed E-state index contributed by atoms with van der Waals surface area (Å²) in [5.74, 6) is 0.0182. The molecule has 6 nitrogen and oxygen atoms in total. The molecule has 0 saturated carbocycles. The largest absolute Gasteiger partial charge is 0.497 e. The number of hydrogen-bond donors (Lipinski definition) is 1. The van der Waals surface area contributed by atoms with Gasteiger partial charge < -0.3 is 19.4 Å². The summed E-state index contributed by atoms with van der Waals surface area (Å²) < 4.78 is 12.9. The zero-order valence-corrected chi connectivity index (χ0v) is 18.5. The van der Waals surface area contributed by atoms with Crippen LogP contribution in [0.25, 0.3) is 10.9 Å². The number of nitrogens with zero attached hydrogens (tertiary/aromatic N) is 1. The summed E-state index contributed by atoms with van der Waals surface area (Å²) in [5.41, 5.74) is 2.44. The molecule has 1 amide bonds. The van der Waals surface area contributed by atoms with Crippen LogP contribution < -0.4 is 10.1 Å². The Balaban J connectivity index is 1.71. The number of methoxy groups -OCH3 is 1. The zero-order valence-electron chi connectivity index (χ0n) is 18.5. The van der Waals surface area contributed by atoms with Gasteiger partial charge in [-0.3, -0.25) is 4.79 Å². The lowest BCUT2D eigenvalue weighted by Crippen LogP contribution is -2.48. The predicted molar refractivity (Wildman–Crippen MR) is 125 cm³/mol. The summed E-state index contributed by atoms with van der Waals surface area (Å²) in [6.45, 7) is 2.57. The molecule has 0 aliphatic carbocycles. The molecule has 1 aliphatic heterocycles. The normalized spacial score (nSPS) is 17.0. The zero-order chi connectivity index (χ0) is 23.0. The quantitative estimate of drug-likeness (QED) is 0.455. The van der Waals surface area contributed by atoms with Crippen LogP contribution in [0.2, 0.25) is 0 Å². The average Bonchev–Trinajstić information content (AvgIpc) is 3.36. The van der Waals surface area contributed by atoms with Gasteiger partial charge in [0.15, 0.2) is 5.54 Å². The first-order valence-electron chi connectivity index (χ1n) is 10.9. The van der Waals surface area contributed by atoms with E-state index in [0.717, 1.165) is 22.2 Å². The molecule has 3 aromatic carbocycles. The minimum Gasteiger partial charge on any atom is -0.497 e. The third-order valence-corrected chi connectivity index (χ3v) is 6.16. The highest BCUT2D eigenvalue weighted by Gasteiger charge is 2.53. The van der Waals surface area contributed by atoms with Crippen molar-refractivity contribution in [3.05, 3.63) is 101 Å². The lowest BCUT2D eigenvalue weighted by Gasteiger charge is -2.28. The molecular weight excluding hydrogens is 416 g/mol. The van der Waals surface area contributed by atoms with Gasteiger partial charge in [-0.05, 0) is 36.8 Å². The van der Waals surface area contributed by atoms with Crippen LogP contribution in [0.5, 0.6) is 5.75 Å². The second kappa shape index (κ2) is 8.13. The summed E-state index contributed by atoms with van der Waals surface area (Å²) in [6, 6.07) is 23.0. The standard InChI is InChI=1S/C27H24N2O4/c1-3-33-26(31)27(22-10-6-4-9-21(22)25(30)28-27)23-17-29(24-11-7-5-8-20(23)24)16-18-12-14-19(32-2)15-13-18/h4-15,17H,3,16H2,1-2H3,(H,28,30). The molecule has 4 aromatic rings. The van der Waals surface area contributed by atoms with Crippen molar-refractivity contribution >= 4 is 22.8 Å². The van der Waals surface area contributed by atoms with Crippen molar-refractivity contribution in [2.45, 2.75) is 19.0 Å². The first kappa shape index (κ1) is 20.8. The van der Waals surface area contributed by atoms with Crippen molar-refractivity contribution < 1.29 is 19.1 Å². The Morgan fingerprint density at radius 2 is 1.70 bits per heavy atom. The van der Waals surface area contributed by atoms with E-state index in [1.807, 2.05) is 66.9 Å². The maximum Gasteiger partial charge on any atom is 0.341 e. The first-order chi connectivity index (χ1) is 16.1. The Bertz CT molecular complexity index is 1360. The van der Waals surface area contributed by atoms with Crippen LogP contribution in [0.15, 0.2) is 79.0 Å². The molecular formula is C27H24N2O4. The van der Waals surface area contributed by atoms with Gasteiger partial charge in [0.25, 0.3) is 5.91 Å². The van der Waals surface area contributed by atoms with Crippen LogP contribution >= 0.6 is 0 Å². The summed E-state index contributed by atoms with van der Waals surface area (Å²) in [5, 5.41) is 3.86. The number of esters is 1. The van der Waals surface area contributed by atoms with Crippen LogP contribution in [0.4, 0.5) is 0 Å².